The maximum atomic E-state index is 12.3. The molecule has 0 aliphatic carbocycles. The summed E-state index contributed by atoms with van der Waals surface area (Å²) in [4.78, 5) is 12.3. The first-order valence-corrected chi connectivity index (χ1v) is 9.17. The maximum absolute atomic E-state index is 12.3. The molecule has 1 N–H and O–H groups in total. The van der Waals surface area contributed by atoms with E-state index in [-0.39, 0.29) is 5.91 Å². The van der Waals surface area contributed by atoms with Crippen LogP contribution in [0, 0.1) is 3.57 Å². The zero-order valence-electron chi connectivity index (χ0n) is 15.5. The molecule has 0 fully saturated rings. The van der Waals surface area contributed by atoms with Gasteiger partial charge < -0.3 is 18.9 Å². The number of carbonyl (C=O) groups excluding carboxylic acids is 1. The van der Waals surface area contributed by atoms with Crippen LogP contribution in [0.15, 0.2) is 35.4 Å². The van der Waals surface area contributed by atoms with Gasteiger partial charge in [-0.2, -0.15) is 5.10 Å². The fraction of sp³-hybridized carbons (Fsp3) is 0.263. The van der Waals surface area contributed by atoms with Crippen molar-refractivity contribution in [3.63, 3.8) is 0 Å². The first-order valence-electron chi connectivity index (χ1n) is 8.09. The minimum absolute atomic E-state index is 0.356. The molecule has 0 bridgehead atoms. The summed E-state index contributed by atoms with van der Waals surface area (Å²) >= 11 is 2.15. The van der Waals surface area contributed by atoms with Crippen molar-refractivity contribution in [3.05, 3.63) is 45.0 Å². The Balaban J connectivity index is 2.13. The highest BCUT2D eigenvalue weighted by Crippen LogP contribution is 2.33. The van der Waals surface area contributed by atoms with Crippen molar-refractivity contribution in [3.8, 4) is 23.0 Å². The average molecular weight is 484 g/mol. The van der Waals surface area contributed by atoms with Gasteiger partial charge in [0.25, 0.3) is 5.91 Å². The van der Waals surface area contributed by atoms with Gasteiger partial charge >= 0.3 is 0 Å². The summed E-state index contributed by atoms with van der Waals surface area (Å²) in [6.45, 7) is 2.33. The van der Waals surface area contributed by atoms with E-state index in [0.29, 0.717) is 35.2 Å². The number of carbonyl (C=O) groups is 1. The van der Waals surface area contributed by atoms with Crippen LogP contribution < -0.4 is 24.4 Å². The highest BCUT2D eigenvalue weighted by Gasteiger charge is 2.11. The van der Waals surface area contributed by atoms with Crippen molar-refractivity contribution in [2.24, 2.45) is 5.10 Å². The Morgan fingerprint density at radius 2 is 1.81 bits per heavy atom. The van der Waals surface area contributed by atoms with Crippen LogP contribution in [0.1, 0.15) is 22.8 Å². The lowest BCUT2D eigenvalue weighted by Gasteiger charge is -2.11. The van der Waals surface area contributed by atoms with E-state index in [4.69, 9.17) is 18.9 Å². The quantitative estimate of drug-likeness (QED) is 0.353. The number of nitrogens with one attached hydrogen (secondary N) is 1. The van der Waals surface area contributed by atoms with Gasteiger partial charge in [-0.1, -0.05) is 0 Å². The van der Waals surface area contributed by atoms with Crippen molar-refractivity contribution in [2.45, 2.75) is 6.92 Å². The van der Waals surface area contributed by atoms with Crippen LogP contribution >= 0.6 is 22.6 Å². The zero-order chi connectivity index (χ0) is 19.8. The first kappa shape index (κ1) is 20.8. The van der Waals surface area contributed by atoms with E-state index in [1.165, 1.54) is 6.21 Å². The summed E-state index contributed by atoms with van der Waals surface area (Å²) in [5.74, 6) is 1.96. The molecule has 0 unspecified atom stereocenters. The van der Waals surface area contributed by atoms with Crippen LogP contribution in [0.4, 0.5) is 0 Å². The van der Waals surface area contributed by atoms with Gasteiger partial charge in [-0.3, -0.25) is 4.79 Å². The summed E-state index contributed by atoms with van der Waals surface area (Å²) in [7, 11) is 4.70. The van der Waals surface area contributed by atoms with Crippen molar-refractivity contribution < 1.29 is 23.7 Å². The molecule has 0 saturated carbocycles. The smallest absolute Gasteiger partial charge is 0.271 e. The third-order valence-electron chi connectivity index (χ3n) is 3.56. The number of amides is 1. The minimum atomic E-state index is -0.356. The number of halogens is 1. The summed E-state index contributed by atoms with van der Waals surface area (Å²) < 4.78 is 22.2. The topological polar surface area (TPSA) is 78.4 Å². The molecule has 0 atom stereocenters. The standard InChI is InChI=1S/C19H21IN2O5/c1-5-27-16-10-13(6-7-15(16)24-2)19(23)22-21-11-12-8-14(20)18(26-4)17(9-12)25-3/h6-11H,5H2,1-4H3,(H,22,23)/b21-11+. The van der Waals surface area contributed by atoms with Gasteiger partial charge in [-0.15, -0.1) is 0 Å². The summed E-state index contributed by atoms with van der Waals surface area (Å²) in [6, 6.07) is 8.59. The lowest BCUT2D eigenvalue weighted by Crippen LogP contribution is -2.17. The van der Waals surface area contributed by atoms with E-state index >= 15 is 0 Å². The van der Waals surface area contributed by atoms with E-state index in [1.807, 2.05) is 13.0 Å². The molecule has 7 nitrogen and oxygen atoms in total. The van der Waals surface area contributed by atoms with Crippen LogP contribution in [0.3, 0.4) is 0 Å². The molecule has 1 amide bonds. The van der Waals surface area contributed by atoms with Crippen molar-refractivity contribution >= 4 is 34.7 Å². The molecule has 27 heavy (non-hydrogen) atoms. The van der Waals surface area contributed by atoms with Gasteiger partial charge in [-0.25, -0.2) is 5.43 Å². The molecule has 0 aliphatic rings. The molecule has 144 valence electrons. The summed E-state index contributed by atoms with van der Waals surface area (Å²) in [5.41, 5.74) is 3.68. The van der Waals surface area contributed by atoms with E-state index in [1.54, 1.807) is 45.6 Å². The second-order valence-electron chi connectivity index (χ2n) is 5.24. The predicted octanol–water partition coefficient (Wildman–Crippen LogP) is 3.48. The van der Waals surface area contributed by atoms with E-state index in [2.05, 4.69) is 33.1 Å². The highest BCUT2D eigenvalue weighted by molar-refractivity contribution is 14.1. The maximum Gasteiger partial charge on any atom is 0.271 e. The average Bonchev–Trinajstić information content (AvgIpc) is 2.67. The molecule has 0 heterocycles. The van der Waals surface area contributed by atoms with Crippen LogP contribution in [0.25, 0.3) is 0 Å². The largest absolute Gasteiger partial charge is 0.493 e. The number of methoxy groups -OCH3 is 3. The summed E-state index contributed by atoms with van der Waals surface area (Å²) in [6.07, 6.45) is 1.54. The number of hydrogen-bond acceptors (Lipinski definition) is 6. The Hall–Kier alpha value is -2.49. The molecule has 0 spiro atoms. The van der Waals surface area contributed by atoms with Gasteiger partial charge in [-0.05, 0) is 65.4 Å². The van der Waals surface area contributed by atoms with Crippen molar-refractivity contribution in [1.82, 2.24) is 5.43 Å². The van der Waals surface area contributed by atoms with E-state index in [0.717, 1.165) is 9.13 Å². The molecule has 0 aromatic heterocycles. The molecular weight excluding hydrogens is 463 g/mol. The third-order valence-corrected chi connectivity index (χ3v) is 4.36. The van der Waals surface area contributed by atoms with Gasteiger partial charge in [0.05, 0.1) is 37.7 Å². The molecule has 2 aromatic rings. The number of hydrogen-bond donors (Lipinski definition) is 1. The summed E-state index contributed by atoms with van der Waals surface area (Å²) in [5, 5.41) is 4.01. The van der Waals surface area contributed by atoms with Crippen LogP contribution in [0.2, 0.25) is 0 Å². The third kappa shape index (κ3) is 5.25. The molecule has 0 radical (unpaired) electrons. The lowest BCUT2D eigenvalue weighted by atomic mass is 10.2. The number of rotatable bonds is 8. The van der Waals surface area contributed by atoms with E-state index < -0.39 is 0 Å². The number of benzene rings is 2. The van der Waals surface area contributed by atoms with Crippen LogP contribution in [0.5, 0.6) is 23.0 Å². The number of hydrazone groups is 1. The normalized spacial score (nSPS) is 10.6. The van der Waals surface area contributed by atoms with Crippen LogP contribution in [-0.2, 0) is 0 Å². The predicted molar refractivity (Wildman–Crippen MR) is 111 cm³/mol. The minimum Gasteiger partial charge on any atom is -0.493 e. The molecule has 0 saturated heterocycles. The van der Waals surface area contributed by atoms with Gasteiger partial charge in [0.15, 0.2) is 23.0 Å². The molecule has 2 aromatic carbocycles. The van der Waals surface area contributed by atoms with Gasteiger partial charge in [0, 0.05) is 5.56 Å². The second kappa shape index (κ2) is 10.0. The Morgan fingerprint density at radius 1 is 1.07 bits per heavy atom. The van der Waals surface area contributed by atoms with Gasteiger partial charge in [0.1, 0.15) is 0 Å². The Morgan fingerprint density at radius 3 is 2.44 bits per heavy atom. The van der Waals surface area contributed by atoms with Gasteiger partial charge in [0.2, 0.25) is 0 Å². The SMILES string of the molecule is CCOc1cc(C(=O)N/N=C/c2cc(I)c(OC)c(OC)c2)ccc1OC. The van der Waals surface area contributed by atoms with Crippen LogP contribution in [-0.4, -0.2) is 40.1 Å². The molecule has 0 aliphatic heterocycles. The molecular formula is C19H21IN2O5. The lowest BCUT2D eigenvalue weighted by molar-refractivity contribution is 0.0954. The first-order chi connectivity index (χ1) is 13.0. The Labute approximate surface area is 171 Å². The number of ether oxygens (including phenoxy) is 4. The van der Waals surface area contributed by atoms with Crippen molar-refractivity contribution in [1.29, 1.82) is 0 Å². The number of nitrogens with zero attached hydrogens (tertiary/aromatic N) is 1. The fourth-order valence-corrected chi connectivity index (χ4v) is 3.17. The Kier molecular flexibility index (Phi) is 7.71. The van der Waals surface area contributed by atoms with Crippen molar-refractivity contribution in [2.75, 3.05) is 27.9 Å². The zero-order valence-corrected chi connectivity index (χ0v) is 17.7. The molecule has 2 rings (SSSR count). The Bertz CT molecular complexity index is 839. The second-order valence-corrected chi connectivity index (χ2v) is 6.40. The molecule has 8 heteroatoms. The monoisotopic (exact) mass is 484 g/mol. The van der Waals surface area contributed by atoms with E-state index in [9.17, 15) is 4.79 Å². The highest BCUT2D eigenvalue weighted by atomic mass is 127. The fourth-order valence-electron chi connectivity index (χ4n) is 2.33.